The topological polar surface area (TPSA) is 37.3 Å². The first kappa shape index (κ1) is 10.7. The van der Waals surface area contributed by atoms with Gasteiger partial charge in [-0.2, -0.15) is 0 Å². The number of hydrogen-bond acceptors (Lipinski definition) is 2. The minimum atomic E-state index is 0.273. The lowest BCUT2D eigenvalue weighted by Crippen LogP contribution is -2.40. The zero-order valence-corrected chi connectivity index (χ0v) is 8.60. The van der Waals surface area contributed by atoms with Gasteiger partial charge in [-0.1, -0.05) is 0 Å². The van der Waals surface area contributed by atoms with Crippen molar-refractivity contribution in [2.24, 2.45) is 0 Å². The van der Waals surface area contributed by atoms with Crippen LogP contribution in [0.25, 0.3) is 0 Å². The Bertz CT molecular complexity index is 304. The molecule has 3 nitrogen and oxygen atoms in total. The number of phenolic OH excluding ortho intramolecular Hbond substituents is 1. The first-order valence-electron chi connectivity index (χ1n) is 4.57. The van der Waals surface area contributed by atoms with Crippen molar-refractivity contribution in [1.82, 2.24) is 0 Å². The van der Waals surface area contributed by atoms with Gasteiger partial charge in [0.05, 0.1) is 14.1 Å². The Kier molecular flexibility index (Phi) is 3.25. The predicted octanol–water partition coefficient (Wildman–Crippen LogP) is 1.17. The second kappa shape index (κ2) is 4.24. The molecule has 0 aliphatic carbocycles. The molecule has 0 unspecified atom stereocenters. The highest BCUT2D eigenvalue weighted by Crippen LogP contribution is 2.13. The lowest BCUT2D eigenvalue weighted by molar-refractivity contribution is -0.895. The molecule has 0 bridgehead atoms. The highest BCUT2D eigenvalue weighted by Gasteiger charge is 2.14. The molecule has 0 heterocycles. The summed E-state index contributed by atoms with van der Waals surface area (Å²) in [7, 11) is 4.00. The van der Waals surface area contributed by atoms with Crippen molar-refractivity contribution < 1.29 is 14.4 Å². The molecule has 1 N–H and O–H groups in total. The SMILES string of the molecule is C[N+](C)(CC=O)Cc1ccc(O)cc1. The summed E-state index contributed by atoms with van der Waals surface area (Å²) in [6, 6.07) is 7.08. The van der Waals surface area contributed by atoms with Crippen LogP contribution in [0.4, 0.5) is 0 Å². The fraction of sp³-hybridized carbons (Fsp3) is 0.364. The number of nitrogens with zero attached hydrogens (tertiary/aromatic N) is 1. The van der Waals surface area contributed by atoms with E-state index in [2.05, 4.69) is 0 Å². The van der Waals surface area contributed by atoms with Crippen molar-refractivity contribution in [2.45, 2.75) is 6.54 Å². The molecule has 0 atom stereocenters. The van der Waals surface area contributed by atoms with Crippen LogP contribution in [-0.2, 0) is 11.3 Å². The van der Waals surface area contributed by atoms with E-state index in [1.54, 1.807) is 12.1 Å². The van der Waals surface area contributed by atoms with Crippen LogP contribution in [0.15, 0.2) is 24.3 Å². The van der Waals surface area contributed by atoms with Crippen LogP contribution in [0, 0.1) is 0 Å². The van der Waals surface area contributed by atoms with Crippen LogP contribution in [0.1, 0.15) is 5.56 Å². The molecule has 0 aliphatic rings. The van der Waals surface area contributed by atoms with E-state index in [1.165, 1.54) is 0 Å². The molecule has 76 valence electrons. The zero-order valence-electron chi connectivity index (χ0n) is 8.60. The van der Waals surface area contributed by atoms with E-state index in [9.17, 15) is 4.79 Å². The number of carbonyl (C=O) groups excluding carboxylic acids is 1. The van der Waals surface area contributed by atoms with Gasteiger partial charge in [-0.15, -0.1) is 0 Å². The Labute approximate surface area is 84.2 Å². The van der Waals surface area contributed by atoms with Crippen molar-refractivity contribution in [3.63, 3.8) is 0 Å². The first-order chi connectivity index (χ1) is 6.53. The molecule has 1 rings (SSSR count). The summed E-state index contributed by atoms with van der Waals surface area (Å²) in [5.74, 6) is 0.273. The number of aldehydes is 1. The number of aromatic hydroxyl groups is 1. The Morgan fingerprint density at radius 3 is 2.36 bits per heavy atom. The molecule has 0 saturated carbocycles. The average molecular weight is 194 g/mol. The van der Waals surface area contributed by atoms with Crippen LogP contribution in [0.5, 0.6) is 5.75 Å². The number of benzene rings is 1. The van der Waals surface area contributed by atoms with Gasteiger partial charge in [0.2, 0.25) is 0 Å². The van der Waals surface area contributed by atoms with Gasteiger partial charge in [-0.25, -0.2) is 0 Å². The number of carbonyl (C=O) groups is 1. The standard InChI is InChI=1S/C11H15NO2/c1-12(2,7-8-13)9-10-3-5-11(14)6-4-10/h3-6,8H,7,9H2,1-2H3/p+1. The van der Waals surface area contributed by atoms with Crippen LogP contribution in [-0.4, -0.2) is 36.5 Å². The van der Waals surface area contributed by atoms with E-state index < -0.39 is 0 Å². The quantitative estimate of drug-likeness (QED) is 0.577. The summed E-state index contributed by atoms with van der Waals surface area (Å²) in [6.07, 6.45) is 0.931. The maximum atomic E-state index is 10.4. The summed E-state index contributed by atoms with van der Waals surface area (Å²) in [5, 5.41) is 9.10. The molecule has 0 fully saturated rings. The van der Waals surface area contributed by atoms with Gasteiger partial charge in [-0.3, -0.25) is 4.79 Å². The summed E-state index contributed by atoms with van der Waals surface area (Å²) in [5.41, 5.74) is 1.12. The number of hydrogen-bond donors (Lipinski definition) is 1. The average Bonchev–Trinajstić information content (AvgIpc) is 2.08. The van der Waals surface area contributed by atoms with Crippen LogP contribution in [0.2, 0.25) is 0 Å². The molecule has 3 heteroatoms. The highest BCUT2D eigenvalue weighted by molar-refractivity contribution is 5.50. The van der Waals surface area contributed by atoms with Gasteiger partial charge in [0, 0.05) is 5.56 Å². The van der Waals surface area contributed by atoms with Gasteiger partial charge in [0.15, 0.2) is 6.29 Å². The van der Waals surface area contributed by atoms with E-state index >= 15 is 0 Å². The minimum absolute atomic E-state index is 0.273. The monoisotopic (exact) mass is 194 g/mol. The fourth-order valence-electron chi connectivity index (χ4n) is 1.36. The third-order valence-corrected chi connectivity index (χ3v) is 2.12. The molecule has 0 amide bonds. The van der Waals surface area contributed by atoms with Gasteiger partial charge < -0.3 is 9.59 Å². The zero-order chi connectivity index (χ0) is 10.6. The predicted molar refractivity (Wildman–Crippen MR) is 54.9 cm³/mol. The second-order valence-corrected chi connectivity index (χ2v) is 4.11. The molecule has 0 aromatic heterocycles. The van der Waals surface area contributed by atoms with E-state index in [4.69, 9.17) is 5.11 Å². The Morgan fingerprint density at radius 1 is 1.29 bits per heavy atom. The van der Waals surface area contributed by atoms with Crippen molar-refractivity contribution >= 4 is 6.29 Å². The summed E-state index contributed by atoms with van der Waals surface area (Å²) < 4.78 is 0.633. The maximum absolute atomic E-state index is 10.4. The lowest BCUT2D eigenvalue weighted by Gasteiger charge is -2.27. The van der Waals surface area contributed by atoms with Crippen LogP contribution < -0.4 is 0 Å². The summed E-state index contributed by atoms with van der Waals surface area (Å²) >= 11 is 0. The van der Waals surface area contributed by atoms with Crippen molar-refractivity contribution in [3.05, 3.63) is 29.8 Å². The first-order valence-corrected chi connectivity index (χ1v) is 4.57. The molecule has 1 aromatic carbocycles. The second-order valence-electron chi connectivity index (χ2n) is 4.11. The van der Waals surface area contributed by atoms with Crippen molar-refractivity contribution in [2.75, 3.05) is 20.6 Å². The molecule has 14 heavy (non-hydrogen) atoms. The Balaban J connectivity index is 2.68. The molecule has 0 aliphatic heterocycles. The maximum Gasteiger partial charge on any atom is 0.174 e. The van der Waals surface area contributed by atoms with Crippen LogP contribution >= 0.6 is 0 Å². The highest BCUT2D eigenvalue weighted by atomic mass is 16.3. The Hall–Kier alpha value is -1.35. The molecule has 0 radical (unpaired) electrons. The van der Waals surface area contributed by atoms with Gasteiger partial charge in [0.25, 0.3) is 0 Å². The third-order valence-electron chi connectivity index (χ3n) is 2.12. The number of likely N-dealkylation sites (N-methyl/N-ethyl adjacent to an activating group) is 1. The normalized spacial score (nSPS) is 11.3. The third kappa shape index (κ3) is 3.18. The number of phenols is 1. The Morgan fingerprint density at radius 2 is 1.86 bits per heavy atom. The minimum Gasteiger partial charge on any atom is -0.508 e. The van der Waals surface area contributed by atoms with Crippen molar-refractivity contribution in [1.29, 1.82) is 0 Å². The van der Waals surface area contributed by atoms with E-state index in [0.717, 1.165) is 18.4 Å². The van der Waals surface area contributed by atoms with E-state index in [0.29, 0.717) is 11.0 Å². The van der Waals surface area contributed by atoms with Gasteiger partial charge in [0.1, 0.15) is 18.8 Å². The molecular weight excluding hydrogens is 178 g/mol. The molecular formula is C11H16NO2+. The molecule has 1 aromatic rings. The number of quaternary nitrogens is 1. The van der Waals surface area contributed by atoms with E-state index in [1.807, 2.05) is 26.2 Å². The summed E-state index contributed by atoms with van der Waals surface area (Å²) in [4.78, 5) is 10.4. The lowest BCUT2D eigenvalue weighted by atomic mass is 10.2. The summed E-state index contributed by atoms with van der Waals surface area (Å²) in [6.45, 7) is 1.29. The smallest absolute Gasteiger partial charge is 0.174 e. The van der Waals surface area contributed by atoms with Gasteiger partial charge in [-0.05, 0) is 24.3 Å². The fourth-order valence-corrected chi connectivity index (χ4v) is 1.36. The van der Waals surface area contributed by atoms with Crippen LogP contribution in [0.3, 0.4) is 0 Å². The van der Waals surface area contributed by atoms with E-state index in [-0.39, 0.29) is 5.75 Å². The molecule has 0 spiro atoms. The number of rotatable bonds is 4. The van der Waals surface area contributed by atoms with Crippen molar-refractivity contribution in [3.8, 4) is 5.75 Å². The molecule has 0 saturated heterocycles. The largest absolute Gasteiger partial charge is 0.508 e. The van der Waals surface area contributed by atoms with Gasteiger partial charge >= 0.3 is 0 Å².